The number of nitrogens with zero attached hydrogens (tertiary/aromatic N) is 3. The lowest BCUT2D eigenvalue weighted by molar-refractivity contribution is -0.138. The number of hydrogen-bond donors (Lipinski definition) is 2. The molecule has 2 N–H and O–H groups in total. The fourth-order valence-electron chi connectivity index (χ4n) is 3.68. The molecule has 8 heteroatoms. The molecule has 29 heavy (non-hydrogen) atoms. The molecule has 152 valence electrons. The number of hydrogen-bond acceptors (Lipinski definition) is 5. The Balaban J connectivity index is 1.61. The Kier molecular flexibility index (Phi) is 5.27. The number of anilines is 2. The number of piperazine rings is 1. The van der Waals surface area contributed by atoms with E-state index in [1.807, 2.05) is 6.07 Å². The molecule has 0 bridgehead atoms. The number of nitrogens with one attached hydrogen (secondary N) is 2. The number of aromatic nitrogens is 2. The van der Waals surface area contributed by atoms with Crippen molar-refractivity contribution < 1.29 is 13.2 Å². The monoisotopic (exact) mass is 401 g/mol. The zero-order valence-electron chi connectivity index (χ0n) is 16.1. The molecule has 0 atom stereocenters. The molecule has 3 aromatic rings. The van der Waals surface area contributed by atoms with Gasteiger partial charge in [-0.25, -0.2) is 0 Å². The average Bonchev–Trinajstić information content (AvgIpc) is 2.72. The zero-order valence-corrected chi connectivity index (χ0v) is 16.1. The molecule has 2 aromatic carbocycles. The highest BCUT2D eigenvalue weighted by molar-refractivity contribution is 5.93. The van der Waals surface area contributed by atoms with Crippen LogP contribution in [-0.4, -0.2) is 36.4 Å². The van der Waals surface area contributed by atoms with E-state index in [9.17, 15) is 13.2 Å². The smallest absolute Gasteiger partial charge is 0.369 e. The predicted octanol–water partition coefficient (Wildman–Crippen LogP) is 3.98. The average molecular weight is 401 g/mol. The van der Waals surface area contributed by atoms with Crippen LogP contribution >= 0.6 is 0 Å². The summed E-state index contributed by atoms with van der Waals surface area (Å²) >= 11 is 0. The molecule has 1 aliphatic heterocycles. The molecule has 0 spiro atoms. The zero-order chi connectivity index (χ0) is 20.4. The Bertz CT molecular complexity index is 1010. The van der Waals surface area contributed by atoms with E-state index in [4.69, 9.17) is 0 Å². The van der Waals surface area contributed by atoms with E-state index in [0.717, 1.165) is 48.7 Å². The highest BCUT2D eigenvalue weighted by atomic mass is 19.4. The molecular formula is C21H22F3N5. The Labute approximate surface area is 166 Å². The summed E-state index contributed by atoms with van der Waals surface area (Å²) in [5.74, 6) is 0.566. The third kappa shape index (κ3) is 4.12. The van der Waals surface area contributed by atoms with Gasteiger partial charge in [0.2, 0.25) is 0 Å². The molecule has 1 aromatic heterocycles. The van der Waals surface area contributed by atoms with Gasteiger partial charge in [-0.2, -0.15) is 18.3 Å². The summed E-state index contributed by atoms with van der Waals surface area (Å²) in [7, 11) is 0. The minimum absolute atomic E-state index is 0.224. The van der Waals surface area contributed by atoms with E-state index in [1.165, 1.54) is 13.0 Å². The lowest BCUT2D eigenvalue weighted by Gasteiger charge is -2.29. The highest BCUT2D eigenvalue weighted by Gasteiger charge is 2.32. The van der Waals surface area contributed by atoms with Crippen molar-refractivity contribution in [3.63, 3.8) is 0 Å². The Hall–Kier alpha value is -2.87. The third-order valence-electron chi connectivity index (χ3n) is 5.33. The van der Waals surface area contributed by atoms with Gasteiger partial charge in [-0.05, 0) is 36.2 Å². The molecular weight excluding hydrogens is 379 g/mol. The van der Waals surface area contributed by atoms with E-state index >= 15 is 0 Å². The first-order valence-electron chi connectivity index (χ1n) is 9.54. The molecule has 0 unspecified atom stereocenters. The number of rotatable bonds is 4. The number of alkyl halides is 3. The summed E-state index contributed by atoms with van der Waals surface area (Å²) in [6.07, 6.45) is -2.67. The first kappa shape index (κ1) is 19.4. The quantitative estimate of drug-likeness (QED) is 0.693. The predicted molar refractivity (Wildman–Crippen MR) is 108 cm³/mol. The second kappa shape index (κ2) is 7.87. The molecule has 0 amide bonds. The van der Waals surface area contributed by atoms with Crippen LogP contribution in [0.2, 0.25) is 0 Å². The Morgan fingerprint density at radius 1 is 1.14 bits per heavy atom. The van der Waals surface area contributed by atoms with Crippen LogP contribution in [0.25, 0.3) is 10.8 Å². The molecule has 1 fully saturated rings. The van der Waals surface area contributed by atoms with Gasteiger partial charge >= 0.3 is 6.18 Å². The van der Waals surface area contributed by atoms with Crippen LogP contribution in [0, 0.1) is 6.92 Å². The molecule has 0 radical (unpaired) electrons. The maximum atomic E-state index is 13.2. The molecule has 0 aliphatic carbocycles. The first-order chi connectivity index (χ1) is 13.9. The maximum Gasteiger partial charge on any atom is 0.416 e. The summed E-state index contributed by atoms with van der Waals surface area (Å²) in [6, 6.07) is 10.4. The number of fused-ring (bicyclic) bond motifs is 1. The lowest BCUT2D eigenvalue weighted by Crippen LogP contribution is -2.43. The molecule has 4 rings (SSSR count). The molecule has 2 heterocycles. The fourth-order valence-corrected chi connectivity index (χ4v) is 3.68. The Morgan fingerprint density at radius 3 is 2.69 bits per heavy atom. The molecule has 5 nitrogen and oxygen atoms in total. The van der Waals surface area contributed by atoms with Crippen LogP contribution in [0.4, 0.5) is 24.7 Å². The largest absolute Gasteiger partial charge is 0.416 e. The second-order valence-electron chi connectivity index (χ2n) is 7.14. The van der Waals surface area contributed by atoms with Gasteiger partial charge in [0.15, 0.2) is 5.82 Å². The van der Waals surface area contributed by atoms with Gasteiger partial charge < -0.3 is 15.5 Å². The van der Waals surface area contributed by atoms with E-state index in [1.54, 1.807) is 12.3 Å². The molecule has 0 saturated carbocycles. The summed E-state index contributed by atoms with van der Waals surface area (Å²) in [5, 5.41) is 16.6. The van der Waals surface area contributed by atoms with Gasteiger partial charge in [0, 0.05) is 49.2 Å². The minimum Gasteiger partial charge on any atom is -0.369 e. The van der Waals surface area contributed by atoms with Crippen LogP contribution in [0.5, 0.6) is 0 Å². The second-order valence-corrected chi connectivity index (χ2v) is 7.14. The van der Waals surface area contributed by atoms with Gasteiger partial charge in [-0.15, -0.1) is 5.10 Å². The fraction of sp³-hybridized carbons (Fsp3) is 0.333. The van der Waals surface area contributed by atoms with Crippen molar-refractivity contribution in [3.8, 4) is 0 Å². The lowest BCUT2D eigenvalue weighted by atomic mass is 10.0. The SMILES string of the molecule is Cc1c(CNc2nncc3ccc(N4CCNCC4)cc23)cccc1C(F)(F)F. The van der Waals surface area contributed by atoms with Crippen LogP contribution in [0.1, 0.15) is 16.7 Å². The van der Waals surface area contributed by atoms with Crippen LogP contribution < -0.4 is 15.5 Å². The number of benzene rings is 2. The van der Waals surface area contributed by atoms with E-state index < -0.39 is 11.7 Å². The van der Waals surface area contributed by atoms with Crippen molar-refractivity contribution >= 4 is 22.3 Å². The third-order valence-corrected chi connectivity index (χ3v) is 5.33. The van der Waals surface area contributed by atoms with Gasteiger partial charge in [0.25, 0.3) is 0 Å². The van der Waals surface area contributed by atoms with E-state index in [2.05, 4.69) is 37.9 Å². The highest BCUT2D eigenvalue weighted by Crippen LogP contribution is 2.33. The summed E-state index contributed by atoms with van der Waals surface area (Å²) < 4.78 is 39.5. The maximum absolute atomic E-state index is 13.2. The van der Waals surface area contributed by atoms with Gasteiger partial charge in [0.05, 0.1) is 11.8 Å². The van der Waals surface area contributed by atoms with Crippen molar-refractivity contribution in [2.75, 3.05) is 36.4 Å². The van der Waals surface area contributed by atoms with Gasteiger partial charge in [-0.3, -0.25) is 0 Å². The van der Waals surface area contributed by atoms with E-state index in [-0.39, 0.29) is 12.1 Å². The topological polar surface area (TPSA) is 53.1 Å². The summed E-state index contributed by atoms with van der Waals surface area (Å²) in [4.78, 5) is 2.30. The Morgan fingerprint density at radius 2 is 1.93 bits per heavy atom. The van der Waals surface area contributed by atoms with Crippen molar-refractivity contribution in [2.24, 2.45) is 0 Å². The minimum atomic E-state index is -4.36. The van der Waals surface area contributed by atoms with Gasteiger partial charge in [-0.1, -0.05) is 18.2 Å². The van der Waals surface area contributed by atoms with Crippen molar-refractivity contribution in [3.05, 3.63) is 59.3 Å². The van der Waals surface area contributed by atoms with Crippen molar-refractivity contribution in [2.45, 2.75) is 19.6 Å². The summed E-state index contributed by atoms with van der Waals surface area (Å²) in [6.45, 7) is 5.46. The number of halogens is 3. The van der Waals surface area contributed by atoms with Crippen LogP contribution in [-0.2, 0) is 12.7 Å². The van der Waals surface area contributed by atoms with Gasteiger partial charge in [0.1, 0.15) is 0 Å². The van der Waals surface area contributed by atoms with Crippen molar-refractivity contribution in [1.82, 2.24) is 15.5 Å². The first-order valence-corrected chi connectivity index (χ1v) is 9.54. The van der Waals surface area contributed by atoms with Crippen LogP contribution in [0.15, 0.2) is 42.6 Å². The molecule has 1 aliphatic rings. The normalized spacial score (nSPS) is 15.0. The summed E-state index contributed by atoms with van der Waals surface area (Å²) in [5.41, 5.74) is 1.30. The molecule has 1 saturated heterocycles. The van der Waals surface area contributed by atoms with Crippen molar-refractivity contribution in [1.29, 1.82) is 0 Å². The van der Waals surface area contributed by atoms with Crippen LogP contribution in [0.3, 0.4) is 0 Å². The van der Waals surface area contributed by atoms with E-state index in [0.29, 0.717) is 11.4 Å². The standard InChI is InChI=1S/C21H22F3N5/c1-14-15(3-2-4-19(14)21(22,23)24)12-26-20-18-11-17(29-9-7-25-8-10-29)6-5-16(18)13-27-28-20/h2-6,11,13,25H,7-10,12H2,1H3,(H,26,28).